The highest BCUT2D eigenvalue weighted by atomic mass is 19.1. The quantitative estimate of drug-likeness (QED) is 0.354. The number of nitrogens with zero attached hydrogens (tertiary/aromatic N) is 7. The van der Waals surface area contributed by atoms with Crippen LogP contribution in [0.5, 0.6) is 0 Å². The molecule has 192 valence electrons. The van der Waals surface area contributed by atoms with Crippen molar-refractivity contribution in [3.63, 3.8) is 0 Å². The van der Waals surface area contributed by atoms with Gasteiger partial charge >= 0.3 is 0 Å². The van der Waals surface area contributed by atoms with Gasteiger partial charge < -0.3 is 4.90 Å². The van der Waals surface area contributed by atoms with Crippen LogP contribution in [0.4, 0.5) is 10.1 Å². The molecule has 4 aromatic heterocycles. The zero-order valence-electron chi connectivity index (χ0n) is 21.3. The zero-order chi connectivity index (χ0) is 26.1. The molecule has 2 aliphatic heterocycles. The first kappa shape index (κ1) is 22.4. The largest absolute Gasteiger partial charge is 0.365 e. The van der Waals surface area contributed by atoms with Crippen molar-refractivity contribution in [3.8, 4) is 33.6 Å². The average molecular weight is 517 g/mol. The summed E-state index contributed by atoms with van der Waals surface area (Å²) in [5.74, 6) is -0.236. The summed E-state index contributed by atoms with van der Waals surface area (Å²) in [7, 11) is 2.17. The molecular weight excluding hydrogens is 491 g/mol. The van der Waals surface area contributed by atoms with Gasteiger partial charge in [0.05, 0.1) is 23.0 Å². The van der Waals surface area contributed by atoms with Gasteiger partial charge in [-0.1, -0.05) is 12.1 Å². The number of likely N-dealkylation sites (tertiary alicyclic amines) is 1. The maximum Gasteiger partial charge on any atom is 0.164 e. The van der Waals surface area contributed by atoms with Gasteiger partial charge in [0, 0.05) is 66.0 Å². The Morgan fingerprint density at radius 3 is 2.67 bits per heavy atom. The van der Waals surface area contributed by atoms with Crippen LogP contribution >= 0.6 is 0 Å². The van der Waals surface area contributed by atoms with E-state index < -0.39 is 0 Å². The molecule has 2 aliphatic rings. The van der Waals surface area contributed by atoms with E-state index in [1.54, 1.807) is 18.5 Å². The third-order valence-electron chi connectivity index (χ3n) is 8.29. The van der Waals surface area contributed by atoms with Crippen molar-refractivity contribution in [2.24, 2.45) is 0 Å². The van der Waals surface area contributed by atoms with E-state index in [0.717, 1.165) is 75.4 Å². The van der Waals surface area contributed by atoms with Crippen LogP contribution in [0.3, 0.4) is 0 Å². The molecule has 39 heavy (non-hydrogen) atoms. The van der Waals surface area contributed by atoms with E-state index in [4.69, 9.17) is 10.1 Å². The monoisotopic (exact) mass is 516 g/mol. The third-order valence-corrected chi connectivity index (χ3v) is 8.29. The number of halogens is 1. The van der Waals surface area contributed by atoms with E-state index >= 15 is 0 Å². The van der Waals surface area contributed by atoms with E-state index in [1.165, 1.54) is 6.07 Å². The first-order valence-corrected chi connectivity index (χ1v) is 13.1. The Hall–Kier alpha value is -4.63. The highest BCUT2D eigenvalue weighted by Gasteiger charge is 2.42. The number of aromatic nitrogens is 6. The van der Waals surface area contributed by atoms with Crippen molar-refractivity contribution in [1.29, 1.82) is 0 Å². The van der Waals surface area contributed by atoms with Crippen molar-refractivity contribution in [2.45, 2.75) is 18.5 Å². The number of hydrogen-bond acceptors (Lipinski definition) is 6. The van der Waals surface area contributed by atoms with Crippen molar-refractivity contribution in [2.75, 3.05) is 25.0 Å². The standard InChI is InChI=1S/C30H25FN8/c1-37-16-21-14-20(37)17-38(21)27-13-19(31)5-6-23(27)26-9-12-33-30-28(22-3-2-4-25-24(22)15-34-35-25)29(36-39(26)30)18-7-10-32-11-8-18/h2-13,15,20-21H,14,16-17H2,1H3,(H,34,35). The van der Waals surface area contributed by atoms with Crippen LogP contribution in [0.15, 0.2) is 79.4 Å². The minimum Gasteiger partial charge on any atom is -0.365 e. The van der Waals surface area contributed by atoms with Gasteiger partial charge in [0.2, 0.25) is 0 Å². The van der Waals surface area contributed by atoms with Gasteiger partial charge in [-0.05, 0) is 61.5 Å². The Bertz CT molecular complexity index is 1860. The number of likely N-dealkylation sites (N-methyl/N-ethyl adjacent to an activating group) is 1. The third kappa shape index (κ3) is 3.39. The molecule has 2 unspecified atom stereocenters. The number of rotatable bonds is 4. The molecule has 9 heteroatoms. The molecule has 2 aromatic carbocycles. The number of fused-ring (bicyclic) bond motifs is 4. The van der Waals surface area contributed by atoms with Crippen LogP contribution in [-0.4, -0.2) is 66.9 Å². The lowest BCUT2D eigenvalue weighted by molar-refractivity contribution is 0.292. The Morgan fingerprint density at radius 2 is 1.85 bits per heavy atom. The zero-order valence-corrected chi connectivity index (χ0v) is 21.3. The van der Waals surface area contributed by atoms with Crippen LogP contribution in [0.1, 0.15) is 6.42 Å². The summed E-state index contributed by atoms with van der Waals surface area (Å²) in [5, 5.41) is 13.5. The Labute approximate surface area is 223 Å². The van der Waals surface area contributed by atoms with Gasteiger partial charge in [-0.3, -0.25) is 15.0 Å². The topological polar surface area (TPSA) is 78.2 Å². The minimum absolute atomic E-state index is 0.236. The Kier molecular flexibility index (Phi) is 4.84. The molecule has 0 spiro atoms. The molecule has 1 N–H and O–H groups in total. The molecule has 2 fully saturated rings. The molecule has 8 nitrogen and oxygen atoms in total. The summed E-state index contributed by atoms with van der Waals surface area (Å²) in [6.07, 6.45) is 8.30. The van der Waals surface area contributed by atoms with Gasteiger partial charge in [-0.2, -0.15) is 10.2 Å². The lowest BCUT2D eigenvalue weighted by atomic mass is 9.99. The van der Waals surface area contributed by atoms with E-state index in [-0.39, 0.29) is 5.82 Å². The number of pyridine rings is 1. The van der Waals surface area contributed by atoms with Crippen LogP contribution < -0.4 is 4.90 Å². The second-order valence-electron chi connectivity index (χ2n) is 10.5. The molecule has 6 aromatic rings. The predicted octanol–water partition coefficient (Wildman–Crippen LogP) is 5.03. The minimum atomic E-state index is -0.236. The summed E-state index contributed by atoms with van der Waals surface area (Å²) in [6.45, 7) is 1.88. The predicted molar refractivity (Wildman–Crippen MR) is 149 cm³/mol. The number of piperazine rings is 1. The number of anilines is 1. The van der Waals surface area contributed by atoms with Gasteiger partial charge in [0.1, 0.15) is 11.5 Å². The van der Waals surface area contributed by atoms with Crippen molar-refractivity contribution in [3.05, 3.63) is 85.2 Å². The van der Waals surface area contributed by atoms with Crippen LogP contribution in [0.2, 0.25) is 0 Å². The molecular formula is C30H25FN8. The molecule has 8 rings (SSSR count). The fourth-order valence-electron chi connectivity index (χ4n) is 6.42. The van der Waals surface area contributed by atoms with Gasteiger partial charge in [0.15, 0.2) is 5.65 Å². The van der Waals surface area contributed by atoms with Gasteiger partial charge in [0.25, 0.3) is 0 Å². The second kappa shape index (κ2) is 8.44. The molecule has 2 atom stereocenters. The number of aromatic amines is 1. The fourth-order valence-corrected chi connectivity index (χ4v) is 6.42. The number of benzene rings is 2. The van der Waals surface area contributed by atoms with E-state index in [2.05, 4.69) is 38.1 Å². The smallest absolute Gasteiger partial charge is 0.164 e. The second-order valence-corrected chi connectivity index (χ2v) is 10.5. The lowest BCUT2D eigenvalue weighted by Crippen LogP contribution is -2.44. The molecule has 0 aliphatic carbocycles. The summed E-state index contributed by atoms with van der Waals surface area (Å²) in [5.41, 5.74) is 8.04. The first-order valence-electron chi connectivity index (χ1n) is 13.1. The maximum atomic E-state index is 14.7. The van der Waals surface area contributed by atoms with Gasteiger partial charge in [-0.15, -0.1) is 0 Å². The molecule has 0 radical (unpaired) electrons. The van der Waals surface area contributed by atoms with Crippen molar-refractivity contribution in [1.82, 2.24) is 34.7 Å². The summed E-state index contributed by atoms with van der Waals surface area (Å²) in [4.78, 5) is 13.8. The highest BCUT2D eigenvalue weighted by molar-refractivity contribution is 6.03. The first-order chi connectivity index (χ1) is 19.2. The molecule has 2 bridgehead atoms. The Balaban J connectivity index is 1.39. The van der Waals surface area contributed by atoms with Crippen LogP contribution in [0.25, 0.3) is 50.2 Å². The molecule has 2 saturated heterocycles. The highest BCUT2D eigenvalue weighted by Crippen LogP contribution is 2.42. The Morgan fingerprint density at radius 1 is 0.949 bits per heavy atom. The van der Waals surface area contributed by atoms with Crippen LogP contribution in [0, 0.1) is 5.82 Å². The van der Waals surface area contributed by atoms with Gasteiger partial charge in [-0.25, -0.2) is 13.9 Å². The molecule has 6 heterocycles. The lowest BCUT2D eigenvalue weighted by Gasteiger charge is -2.34. The fraction of sp³-hybridized carbons (Fsp3) is 0.200. The SMILES string of the molecule is CN1CC2CC1CN2c1cc(F)ccc1-c1ccnc2c(-c3cccc4[nH]ncc34)c(-c3ccncc3)nn12. The van der Waals surface area contributed by atoms with Crippen molar-refractivity contribution >= 4 is 22.2 Å². The summed E-state index contributed by atoms with van der Waals surface area (Å²) in [6, 6.07) is 17.9. The summed E-state index contributed by atoms with van der Waals surface area (Å²) >= 11 is 0. The van der Waals surface area contributed by atoms with E-state index in [0.29, 0.717) is 12.1 Å². The van der Waals surface area contributed by atoms with E-state index in [1.807, 2.05) is 53.3 Å². The number of H-pyrrole nitrogens is 1. The average Bonchev–Trinajstić information content (AvgIpc) is 3.75. The van der Waals surface area contributed by atoms with Crippen LogP contribution in [-0.2, 0) is 0 Å². The summed E-state index contributed by atoms with van der Waals surface area (Å²) < 4.78 is 16.6. The number of hydrogen-bond donors (Lipinski definition) is 1. The molecule has 0 amide bonds. The maximum absolute atomic E-state index is 14.7. The normalized spacial score (nSPS) is 19.1. The van der Waals surface area contributed by atoms with E-state index in [9.17, 15) is 4.39 Å². The molecule has 0 saturated carbocycles. The van der Waals surface area contributed by atoms with Crippen molar-refractivity contribution < 1.29 is 4.39 Å². The number of nitrogens with one attached hydrogen (secondary N) is 1.